The van der Waals surface area contributed by atoms with Gasteiger partial charge in [0.05, 0.1) is 24.1 Å². The number of aromatic nitrogens is 1. The van der Waals surface area contributed by atoms with Gasteiger partial charge in [-0.2, -0.15) is 13.2 Å². The van der Waals surface area contributed by atoms with Crippen molar-refractivity contribution in [3.63, 3.8) is 0 Å². The van der Waals surface area contributed by atoms with Gasteiger partial charge in [0, 0.05) is 12.6 Å². The zero-order valence-corrected chi connectivity index (χ0v) is 11.4. The molecule has 0 aliphatic carbocycles. The minimum Gasteiger partial charge on any atom is -0.478 e. The molecule has 2 rings (SSSR count). The molecule has 0 saturated carbocycles. The Labute approximate surface area is 120 Å². The first-order valence-corrected chi connectivity index (χ1v) is 6.48. The molecule has 0 amide bonds. The van der Waals surface area contributed by atoms with Crippen LogP contribution in [-0.2, 0) is 12.7 Å². The lowest BCUT2D eigenvalue weighted by Crippen LogP contribution is -2.07. The van der Waals surface area contributed by atoms with Crippen molar-refractivity contribution in [3.05, 3.63) is 53.7 Å². The lowest BCUT2D eigenvalue weighted by molar-refractivity contribution is -0.137. The number of anilines is 1. The topological polar surface area (TPSA) is 34.1 Å². The SMILES string of the molecule is CCOc1ccc(NCc2cccc(C(F)(F)F)c2)cn1. The van der Waals surface area contributed by atoms with Crippen molar-refractivity contribution in [2.24, 2.45) is 0 Å². The van der Waals surface area contributed by atoms with E-state index in [2.05, 4.69) is 10.3 Å². The second kappa shape index (κ2) is 6.47. The normalized spacial score (nSPS) is 11.2. The molecule has 1 aromatic carbocycles. The Bertz CT molecular complexity index is 582. The molecule has 1 aromatic heterocycles. The first kappa shape index (κ1) is 15.2. The van der Waals surface area contributed by atoms with Crippen molar-refractivity contribution in [2.75, 3.05) is 11.9 Å². The molecule has 0 radical (unpaired) electrons. The Hall–Kier alpha value is -2.24. The smallest absolute Gasteiger partial charge is 0.416 e. The fourth-order valence-electron chi connectivity index (χ4n) is 1.78. The highest BCUT2D eigenvalue weighted by Gasteiger charge is 2.30. The van der Waals surface area contributed by atoms with Crippen LogP contribution in [0.3, 0.4) is 0 Å². The highest BCUT2D eigenvalue weighted by Crippen LogP contribution is 2.29. The van der Waals surface area contributed by atoms with E-state index in [1.165, 1.54) is 6.07 Å². The molecule has 0 aliphatic rings. The minimum atomic E-state index is -4.32. The summed E-state index contributed by atoms with van der Waals surface area (Å²) in [7, 11) is 0. The lowest BCUT2D eigenvalue weighted by atomic mass is 10.1. The summed E-state index contributed by atoms with van der Waals surface area (Å²) in [5, 5.41) is 3.02. The molecule has 112 valence electrons. The highest BCUT2D eigenvalue weighted by molar-refractivity contribution is 5.43. The van der Waals surface area contributed by atoms with Crippen molar-refractivity contribution < 1.29 is 17.9 Å². The molecule has 2 aromatic rings. The molecule has 0 bridgehead atoms. The van der Waals surface area contributed by atoms with Crippen LogP contribution in [0.15, 0.2) is 42.6 Å². The summed E-state index contributed by atoms with van der Waals surface area (Å²) in [6, 6.07) is 8.71. The quantitative estimate of drug-likeness (QED) is 0.901. The molecule has 21 heavy (non-hydrogen) atoms. The summed E-state index contributed by atoms with van der Waals surface area (Å²) in [6.45, 7) is 2.69. The number of halogens is 3. The highest BCUT2D eigenvalue weighted by atomic mass is 19.4. The van der Waals surface area contributed by atoms with Gasteiger partial charge in [0.2, 0.25) is 5.88 Å². The number of hydrogen-bond acceptors (Lipinski definition) is 3. The molecule has 6 heteroatoms. The molecule has 1 N–H and O–H groups in total. The summed E-state index contributed by atoms with van der Waals surface area (Å²) in [5.74, 6) is 0.516. The zero-order valence-electron chi connectivity index (χ0n) is 11.4. The molecule has 0 aliphatic heterocycles. The number of rotatable bonds is 5. The molecule has 0 atom stereocenters. The van der Waals surface area contributed by atoms with Crippen LogP contribution in [0.1, 0.15) is 18.1 Å². The first-order chi connectivity index (χ1) is 9.99. The van der Waals surface area contributed by atoms with Crippen LogP contribution in [0, 0.1) is 0 Å². The Morgan fingerprint density at radius 1 is 1.19 bits per heavy atom. The van der Waals surface area contributed by atoms with E-state index in [1.807, 2.05) is 6.92 Å². The number of nitrogens with zero attached hydrogens (tertiary/aromatic N) is 1. The number of hydrogen-bond donors (Lipinski definition) is 1. The fraction of sp³-hybridized carbons (Fsp3) is 0.267. The molecular weight excluding hydrogens is 281 g/mol. The van der Waals surface area contributed by atoms with Crippen molar-refractivity contribution >= 4 is 5.69 Å². The Morgan fingerprint density at radius 2 is 2.00 bits per heavy atom. The summed E-state index contributed by atoms with van der Waals surface area (Å²) in [6.07, 6.45) is -2.74. The molecule has 1 heterocycles. The summed E-state index contributed by atoms with van der Waals surface area (Å²) in [4.78, 5) is 4.07. The maximum atomic E-state index is 12.6. The Morgan fingerprint density at radius 3 is 2.62 bits per heavy atom. The zero-order chi connectivity index (χ0) is 15.3. The van der Waals surface area contributed by atoms with E-state index in [1.54, 1.807) is 24.4 Å². The van der Waals surface area contributed by atoms with Gasteiger partial charge in [-0.1, -0.05) is 12.1 Å². The van der Waals surface area contributed by atoms with Crippen LogP contribution in [0.4, 0.5) is 18.9 Å². The number of ether oxygens (including phenoxy) is 1. The third-order valence-electron chi connectivity index (χ3n) is 2.78. The fourth-order valence-corrected chi connectivity index (χ4v) is 1.78. The van der Waals surface area contributed by atoms with Crippen LogP contribution < -0.4 is 10.1 Å². The van der Waals surface area contributed by atoms with Crippen LogP contribution >= 0.6 is 0 Å². The molecule has 0 saturated heterocycles. The van der Waals surface area contributed by atoms with Gasteiger partial charge >= 0.3 is 6.18 Å². The van der Waals surface area contributed by atoms with Crippen LogP contribution in [0.2, 0.25) is 0 Å². The van der Waals surface area contributed by atoms with Crippen molar-refractivity contribution in [2.45, 2.75) is 19.6 Å². The van der Waals surface area contributed by atoms with Gasteiger partial charge in [-0.05, 0) is 30.7 Å². The van der Waals surface area contributed by atoms with Gasteiger partial charge in [-0.3, -0.25) is 0 Å². The van der Waals surface area contributed by atoms with Gasteiger partial charge < -0.3 is 10.1 Å². The van der Waals surface area contributed by atoms with E-state index < -0.39 is 11.7 Å². The largest absolute Gasteiger partial charge is 0.478 e. The Balaban J connectivity index is 1.99. The van der Waals surface area contributed by atoms with Crippen LogP contribution in [0.5, 0.6) is 5.88 Å². The average Bonchev–Trinajstić information content (AvgIpc) is 2.46. The molecular formula is C15H15F3N2O. The summed E-state index contributed by atoms with van der Waals surface area (Å²) in [5.41, 5.74) is 0.626. The third kappa shape index (κ3) is 4.37. The Kier molecular flexibility index (Phi) is 4.67. The average molecular weight is 296 g/mol. The number of alkyl halides is 3. The predicted octanol–water partition coefficient (Wildman–Crippen LogP) is 4.11. The number of nitrogens with one attached hydrogen (secondary N) is 1. The maximum absolute atomic E-state index is 12.6. The summed E-state index contributed by atoms with van der Waals surface area (Å²) < 4.78 is 43.0. The van der Waals surface area contributed by atoms with E-state index in [9.17, 15) is 13.2 Å². The number of benzene rings is 1. The molecule has 3 nitrogen and oxygen atoms in total. The van der Waals surface area contributed by atoms with Gasteiger partial charge in [-0.25, -0.2) is 4.98 Å². The van der Waals surface area contributed by atoms with Gasteiger partial charge in [0.1, 0.15) is 0 Å². The predicted molar refractivity (Wildman–Crippen MR) is 74.2 cm³/mol. The van der Waals surface area contributed by atoms with Gasteiger partial charge in [-0.15, -0.1) is 0 Å². The molecule has 0 spiro atoms. The second-order valence-electron chi connectivity index (χ2n) is 4.37. The van der Waals surface area contributed by atoms with E-state index in [4.69, 9.17) is 4.74 Å². The van der Waals surface area contributed by atoms with Crippen molar-refractivity contribution in [1.29, 1.82) is 0 Å². The molecule has 0 fully saturated rings. The van der Waals surface area contributed by atoms with E-state index in [0.29, 0.717) is 24.6 Å². The number of pyridine rings is 1. The standard InChI is InChI=1S/C15H15F3N2O/c1-2-21-14-7-6-13(10-20-14)19-9-11-4-3-5-12(8-11)15(16,17)18/h3-8,10,19H,2,9H2,1H3. The monoisotopic (exact) mass is 296 g/mol. The van der Waals surface area contributed by atoms with Crippen LogP contribution in [0.25, 0.3) is 0 Å². The molecule has 0 unspecified atom stereocenters. The minimum absolute atomic E-state index is 0.291. The van der Waals surface area contributed by atoms with Gasteiger partial charge in [0.15, 0.2) is 0 Å². The second-order valence-corrected chi connectivity index (χ2v) is 4.37. The summed E-state index contributed by atoms with van der Waals surface area (Å²) >= 11 is 0. The lowest BCUT2D eigenvalue weighted by Gasteiger charge is -2.10. The van der Waals surface area contributed by atoms with Crippen molar-refractivity contribution in [3.8, 4) is 5.88 Å². The van der Waals surface area contributed by atoms with E-state index in [-0.39, 0.29) is 0 Å². The van der Waals surface area contributed by atoms with Crippen LogP contribution in [-0.4, -0.2) is 11.6 Å². The van der Waals surface area contributed by atoms with E-state index >= 15 is 0 Å². The maximum Gasteiger partial charge on any atom is 0.416 e. The van der Waals surface area contributed by atoms with E-state index in [0.717, 1.165) is 17.8 Å². The van der Waals surface area contributed by atoms with Crippen molar-refractivity contribution in [1.82, 2.24) is 4.98 Å². The van der Waals surface area contributed by atoms with Gasteiger partial charge in [0.25, 0.3) is 0 Å². The first-order valence-electron chi connectivity index (χ1n) is 6.48. The third-order valence-corrected chi connectivity index (χ3v) is 2.78.